The molecule has 0 aliphatic heterocycles. The smallest absolute Gasteiger partial charge is 0.168 e. The van der Waals surface area contributed by atoms with Crippen LogP contribution in [0.3, 0.4) is 0 Å². The molecule has 3 heteroatoms. The van der Waals surface area contributed by atoms with Crippen molar-refractivity contribution in [2.75, 3.05) is 6.61 Å². The zero-order valence-electron chi connectivity index (χ0n) is 16.9. The second-order valence-electron chi connectivity index (χ2n) is 8.05. The third kappa shape index (κ3) is 3.84. The van der Waals surface area contributed by atoms with Crippen LogP contribution < -0.4 is 4.74 Å². The molecule has 0 amide bonds. The Labute approximate surface area is 167 Å². The highest BCUT2D eigenvalue weighted by Gasteiger charge is 2.25. The quantitative estimate of drug-likeness (QED) is 0.487. The molecule has 2 aromatic carbocycles. The molecule has 1 aliphatic carbocycles. The predicted octanol–water partition coefficient (Wildman–Crippen LogP) is 6.10. The SMILES string of the molecule is Cc1ccc(OCCn2cc(C(=O)C3CCCCC3)c3ccccc32)cc1C. The number of aryl methyl sites for hydroxylation is 2. The Morgan fingerprint density at radius 1 is 1.04 bits per heavy atom. The van der Waals surface area contributed by atoms with Gasteiger partial charge < -0.3 is 9.30 Å². The number of ether oxygens (including phenoxy) is 1. The summed E-state index contributed by atoms with van der Waals surface area (Å²) in [6, 6.07) is 14.4. The molecule has 1 fully saturated rings. The van der Waals surface area contributed by atoms with E-state index in [1.165, 1.54) is 30.4 Å². The largest absolute Gasteiger partial charge is 0.492 e. The Morgan fingerprint density at radius 2 is 1.82 bits per heavy atom. The Bertz CT molecular complexity index is 979. The van der Waals surface area contributed by atoms with Gasteiger partial charge in [0.15, 0.2) is 5.78 Å². The number of hydrogen-bond donors (Lipinski definition) is 0. The van der Waals surface area contributed by atoms with E-state index in [9.17, 15) is 4.79 Å². The van der Waals surface area contributed by atoms with Crippen LogP contribution in [0.5, 0.6) is 5.75 Å². The summed E-state index contributed by atoms with van der Waals surface area (Å²) in [5.74, 6) is 1.42. The van der Waals surface area contributed by atoms with Crippen LogP contribution in [0, 0.1) is 19.8 Å². The highest BCUT2D eigenvalue weighted by Crippen LogP contribution is 2.30. The van der Waals surface area contributed by atoms with E-state index >= 15 is 0 Å². The molecule has 0 atom stereocenters. The van der Waals surface area contributed by atoms with Crippen molar-refractivity contribution in [2.45, 2.75) is 52.5 Å². The standard InChI is InChI=1S/C25H29NO2/c1-18-12-13-21(16-19(18)2)28-15-14-26-17-23(22-10-6-7-11-24(22)26)25(27)20-8-4-3-5-9-20/h6-7,10-13,16-17,20H,3-5,8-9,14-15H2,1-2H3. The van der Waals surface area contributed by atoms with Gasteiger partial charge in [-0.05, 0) is 56.0 Å². The minimum absolute atomic E-state index is 0.194. The summed E-state index contributed by atoms with van der Waals surface area (Å²) in [5.41, 5.74) is 4.51. The van der Waals surface area contributed by atoms with E-state index in [4.69, 9.17) is 4.74 Å². The maximum absolute atomic E-state index is 13.1. The van der Waals surface area contributed by atoms with Crippen LogP contribution in [-0.4, -0.2) is 17.0 Å². The minimum atomic E-state index is 0.194. The number of ketones is 1. The average molecular weight is 376 g/mol. The highest BCUT2D eigenvalue weighted by molar-refractivity contribution is 6.09. The molecule has 1 saturated carbocycles. The Kier molecular flexibility index (Phi) is 5.52. The minimum Gasteiger partial charge on any atom is -0.492 e. The first-order valence-electron chi connectivity index (χ1n) is 10.5. The van der Waals surface area contributed by atoms with Gasteiger partial charge in [-0.3, -0.25) is 4.79 Å². The van der Waals surface area contributed by atoms with Crippen molar-refractivity contribution in [1.29, 1.82) is 0 Å². The van der Waals surface area contributed by atoms with E-state index in [0.29, 0.717) is 12.4 Å². The fraction of sp³-hybridized carbons (Fsp3) is 0.400. The summed E-state index contributed by atoms with van der Waals surface area (Å²) < 4.78 is 8.15. The molecule has 0 spiro atoms. The fourth-order valence-electron chi connectivity index (χ4n) is 4.28. The van der Waals surface area contributed by atoms with Crippen LogP contribution in [0.15, 0.2) is 48.7 Å². The zero-order valence-corrected chi connectivity index (χ0v) is 16.9. The van der Waals surface area contributed by atoms with Crippen molar-refractivity contribution in [2.24, 2.45) is 5.92 Å². The molecule has 3 aromatic rings. The molecule has 0 saturated heterocycles. The van der Waals surface area contributed by atoms with Gasteiger partial charge in [-0.2, -0.15) is 0 Å². The van der Waals surface area contributed by atoms with Crippen molar-refractivity contribution in [3.05, 3.63) is 65.4 Å². The third-order valence-electron chi connectivity index (χ3n) is 6.11. The van der Waals surface area contributed by atoms with Gasteiger partial charge in [0.1, 0.15) is 12.4 Å². The number of fused-ring (bicyclic) bond motifs is 1. The number of carbonyl (C=O) groups is 1. The summed E-state index contributed by atoms with van der Waals surface area (Å²) in [6.45, 7) is 5.52. The van der Waals surface area contributed by atoms with Gasteiger partial charge >= 0.3 is 0 Å². The zero-order chi connectivity index (χ0) is 19.5. The summed E-state index contributed by atoms with van der Waals surface area (Å²) in [7, 11) is 0. The van der Waals surface area contributed by atoms with Crippen molar-refractivity contribution in [1.82, 2.24) is 4.57 Å². The summed E-state index contributed by atoms with van der Waals surface area (Å²) >= 11 is 0. The number of nitrogens with zero attached hydrogens (tertiary/aromatic N) is 1. The molecule has 0 N–H and O–H groups in total. The highest BCUT2D eigenvalue weighted by atomic mass is 16.5. The number of carbonyl (C=O) groups excluding carboxylic acids is 1. The second kappa shape index (κ2) is 8.22. The molecule has 0 unspecified atom stereocenters. The topological polar surface area (TPSA) is 31.2 Å². The number of para-hydroxylation sites is 1. The Hall–Kier alpha value is -2.55. The van der Waals surface area contributed by atoms with Gasteiger partial charge in [-0.1, -0.05) is 43.5 Å². The summed E-state index contributed by atoms with van der Waals surface area (Å²) in [6.07, 6.45) is 7.74. The van der Waals surface area contributed by atoms with Crippen LogP contribution in [0.1, 0.15) is 53.6 Å². The fourth-order valence-corrected chi connectivity index (χ4v) is 4.28. The average Bonchev–Trinajstić information content (AvgIpc) is 3.09. The molecule has 1 heterocycles. The molecule has 28 heavy (non-hydrogen) atoms. The lowest BCUT2D eigenvalue weighted by Crippen LogP contribution is -2.17. The first-order valence-corrected chi connectivity index (χ1v) is 10.5. The molecule has 1 aromatic heterocycles. The molecular weight excluding hydrogens is 346 g/mol. The molecular formula is C25H29NO2. The molecule has 4 rings (SSSR count). The van der Waals surface area contributed by atoms with E-state index < -0.39 is 0 Å². The van der Waals surface area contributed by atoms with Gasteiger partial charge in [0.25, 0.3) is 0 Å². The van der Waals surface area contributed by atoms with E-state index in [1.807, 2.05) is 24.4 Å². The van der Waals surface area contributed by atoms with Crippen molar-refractivity contribution < 1.29 is 9.53 Å². The lowest BCUT2D eigenvalue weighted by atomic mass is 9.84. The van der Waals surface area contributed by atoms with Gasteiger partial charge in [-0.25, -0.2) is 0 Å². The van der Waals surface area contributed by atoms with Crippen LogP contribution in [0.4, 0.5) is 0 Å². The number of Topliss-reactive ketones (excluding diaryl/α,β-unsaturated/α-hetero) is 1. The maximum atomic E-state index is 13.1. The summed E-state index contributed by atoms with van der Waals surface area (Å²) in [4.78, 5) is 13.1. The number of benzene rings is 2. The van der Waals surface area contributed by atoms with Crippen LogP contribution in [-0.2, 0) is 6.54 Å². The van der Waals surface area contributed by atoms with Gasteiger partial charge in [0, 0.05) is 28.6 Å². The lowest BCUT2D eigenvalue weighted by molar-refractivity contribution is 0.0891. The van der Waals surface area contributed by atoms with Crippen LogP contribution in [0.25, 0.3) is 10.9 Å². The predicted molar refractivity (Wildman–Crippen MR) is 114 cm³/mol. The maximum Gasteiger partial charge on any atom is 0.168 e. The molecule has 146 valence electrons. The number of rotatable bonds is 6. The molecule has 0 bridgehead atoms. The first kappa shape index (κ1) is 18.8. The normalized spacial score (nSPS) is 15.1. The van der Waals surface area contributed by atoms with Crippen molar-refractivity contribution >= 4 is 16.7 Å². The monoisotopic (exact) mass is 375 g/mol. The van der Waals surface area contributed by atoms with Crippen LogP contribution in [0.2, 0.25) is 0 Å². The first-order chi connectivity index (χ1) is 13.6. The van der Waals surface area contributed by atoms with Crippen molar-refractivity contribution in [3.63, 3.8) is 0 Å². The number of aromatic nitrogens is 1. The molecule has 1 aliphatic rings. The van der Waals surface area contributed by atoms with E-state index in [-0.39, 0.29) is 5.92 Å². The van der Waals surface area contributed by atoms with E-state index in [1.54, 1.807) is 0 Å². The summed E-state index contributed by atoms with van der Waals surface area (Å²) in [5, 5.41) is 1.07. The van der Waals surface area contributed by atoms with Crippen molar-refractivity contribution in [3.8, 4) is 5.75 Å². The molecule has 3 nitrogen and oxygen atoms in total. The van der Waals surface area contributed by atoms with E-state index in [2.05, 4.69) is 42.7 Å². The van der Waals surface area contributed by atoms with Crippen LogP contribution >= 0.6 is 0 Å². The Balaban J connectivity index is 1.52. The molecule has 0 radical (unpaired) electrons. The Morgan fingerprint density at radius 3 is 2.61 bits per heavy atom. The lowest BCUT2D eigenvalue weighted by Gasteiger charge is -2.19. The second-order valence-corrected chi connectivity index (χ2v) is 8.05. The third-order valence-corrected chi connectivity index (χ3v) is 6.11. The number of hydrogen-bond acceptors (Lipinski definition) is 2. The van der Waals surface area contributed by atoms with Gasteiger partial charge in [-0.15, -0.1) is 0 Å². The van der Waals surface area contributed by atoms with E-state index in [0.717, 1.165) is 41.6 Å². The van der Waals surface area contributed by atoms with Gasteiger partial charge in [0.05, 0.1) is 6.54 Å². The van der Waals surface area contributed by atoms with Gasteiger partial charge in [0.2, 0.25) is 0 Å².